The molecule has 10 heteroatoms. The number of hydrogen-bond acceptors (Lipinski definition) is 6. The number of benzene rings is 1. The number of morpholine rings is 1. The number of anilines is 1. The minimum Gasteiger partial charge on any atom is -0.373 e. The van der Waals surface area contributed by atoms with Crippen molar-refractivity contribution in [2.45, 2.75) is 31.0 Å². The van der Waals surface area contributed by atoms with Gasteiger partial charge in [0, 0.05) is 49.9 Å². The molecule has 1 aromatic carbocycles. The average Bonchev–Trinajstić information content (AvgIpc) is 2.73. The maximum Gasteiger partial charge on any atom is 0.282 e. The lowest BCUT2D eigenvalue weighted by Crippen LogP contribution is -2.57. The molecule has 1 N–H and O–H groups in total. The zero-order valence-corrected chi connectivity index (χ0v) is 19.8. The molecule has 1 amide bonds. The number of piperazine rings is 1. The summed E-state index contributed by atoms with van der Waals surface area (Å²) in [6.45, 7) is 10.3. The summed E-state index contributed by atoms with van der Waals surface area (Å²) in [6.07, 6.45) is 1.60. The summed E-state index contributed by atoms with van der Waals surface area (Å²) in [5, 5.41) is 2.98. The zero-order chi connectivity index (χ0) is 22.4. The molecular formula is C21H32N4O4S2. The Bertz CT molecular complexity index is 862. The van der Waals surface area contributed by atoms with E-state index in [1.807, 2.05) is 49.1 Å². The van der Waals surface area contributed by atoms with Crippen molar-refractivity contribution < 1.29 is 17.9 Å². The Kier molecular flexibility index (Phi) is 8.54. The number of nitrogens with one attached hydrogen (secondary N) is 1. The lowest BCUT2D eigenvalue weighted by Gasteiger charge is -2.40. The fourth-order valence-electron chi connectivity index (χ4n) is 3.84. The number of hydrogen-bond donors (Lipinski definition) is 1. The maximum atomic E-state index is 13.0. The normalized spacial score (nSPS) is 24.1. The molecule has 2 fully saturated rings. The zero-order valence-electron chi connectivity index (χ0n) is 18.2. The van der Waals surface area contributed by atoms with Crippen LogP contribution in [-0.2, 0) is 19.7 Å². The molecule has 0 spiro atoms. The molecule has 2 aliphatic rings. The van der Waals surface area contributed by atoms with Crippen LogP contribution in [-0.4, -0.2) is 91.6 Å². The van der Waals surface area contributed by atoms with Gasteiger partial charge >= 0.3 is 0 Å². The van der Waals surface area contributed by atoms with Gasteiger partial charge in [-0.2, -0.15) is 17.0 Å². The van der Waals surface area contributed by atoms with E-state index in [1.165, 1.54) is 8.61 Å². The molecule has 0 bridgehead atoms. The van der Waals surface area contributed by atoms with E-state index in [0.29, 0.717) is 39.3 Å². The highest BCUT2D eigenvalue weighted by molar-refractivity contribution is 7.99. The predicted octanol–water partition coefficient (Wildman–Crippen LogP) is 1.87. The van der Waals surface area contributed by atoms with Crippen LogP contribution in [0, 0.1) is 0 Å². The average molecular weight is 469 g/mol. The van der Waals surface area contributed by atoms with Crippen molar-refractivity contribution in [3.8, 4) is 0 Å². The first-order valence-electron chi connectivity index (χ1n) is 10.5. The van der Waals surface area contributed by atoms with E-state index in [2.05, 4.69) is 11.9 Å². The van der Waals surface area contributed by atoms with Gasteiger partial charge in [0.25, 0.3) is 10.2 Å². The van der Waals surface area contributed by atoms with Crippen molar-refractivity contribution >= 4 is 33.6 Å². The quantitative estimate of drug-likeness (QED) is 0.463. The molecule has 3 rings (SSSR count). The number of nitrogens with zero attached hydrogens (tertiary/aromatic N) is 3. The highest BCUT2D eigenvalue weighted by Crippen LogP contribution is 2.27. The van der Waals surface area contributed by atoms with Gasteiger partial charge in [-0.1, -0.05) is 18.2 Å². The second kappa shape index (κ2) is 10.9. The third-order valence-electron chi connectivity index (χ3n) is 5.25. The second-order valence-electron chi connectivity index (χ2n) is 7.90. The van der Waals surface area contributed by atoms with Gasteiger partial charge in [-0.05, 0) is 26.0 Å². The van der Waals surface area contributed by atoms with Gasteiger partial charge in [-0.15, -0.1) is 18.3 Å². The molecule has 31 heavy (non-hydrogen) atoms. The number of carbonyl (C=O) groups is 1. The molecule has 0 radical (unpaired) electrons. The minimum absolute atomic E-state index is 0.0983. The van der Waals surface area contributed by atoms with Crippen molar-refractivity contribution in [2.75, 3.05) is 56.9 Å². The van der Waals surface area contributed by atoms with Crippen molar-refractivity contribution in [3.63, 3.8) is 0 Å². The summed E-state index contributed by atoms with van der Waals surface area (Å²) in [7, 11) is -3.52. The van der Waals surface area contributed by atoms with E-state index in [1.54, 1.807) is 11.8 Å². The van der Waals surface area contributed by atoms with Crippen molar-refractivity contribution in [3.05, 3.63) is 36.9 Å². The van der Waals surface area contributed by atoms with Crippen LogP contribution in [0.5, 0.6) is 0 Å². The standard InChI is InChI=1S/C21H32N4O4S2/c1-4-13-30-20-8-6-5-7-19(20)22-21(26)16-23-9-11-24(12-10-23)31(27,28)25-14-17(2)29-18(3)15-25/h4-8,17-18H,1,9-16H2,2-3H3,(H,22,26)/t17-,18-/m0/s1. The fourth-order valence-corrected chi connectivity index (χ4v) is 6.33. The fraction of sp³-hybridized carbons (Fsp3) is 0.571. The van der Waals surface area contributed by atoms with Crippen LogP contribution in [0.3, 0.4) is 0 Å². The molecule has 0 aliphatic carbocycles. The number of ether oxygens (including phenoxy) is 1. The number of thioether (sulfide) groups is 1. The molecule has 8 nitrogen and oxygen atoms in total. The lowest BCUT2D eigenvalue weighted by atomic mass is 10.3. The molecule has 2 saturated heterocycles. The van der Waals surface area contributed by atoms with Crippen LogP contribution in [0.1, 0.15) is 13.8 Å². The van der Waals surface area contributed by atoms with Crippen LogP contribution in [0.4, 0.5) is 5.69 Å². The lowest BCUT2D eigenvalue weighted by molar-refractivity contribution is -0.117. The Morgan fingerprint density at radius 1 is 1.16 bits per heavy atom. The van der Waals surface area contributed by atoms with E-state index in [4.69, 9.17) is 4.74 Å². The van der Waals surface area contributed by atoms with E-state index in [-0.39, 0.29) is 24.7 Å². The first kappa shape index (κ1) is 24.2. The minimum atomic E-state index is -3.52. The molecule has 1 aromatic rings. The Morgan fingerprint density at radius 3 is 2.45 bits per heavy atom. The number of para-hydroxylation sites is 1. The maximum absolute atomic E-state index is 13.0. The highest BCUT2D eigenvalue weighted by Gasteiger charge is 2.36. The van der Waals surface area contributed by atoms with Crippen molar-refractivity contribution in [1.29, 1.82) is 0 Å². The molecular weight excluding hydrogens is 436 g/mol. The van der Waals surface area contributed by atoms with Crippen LogP contribution in [0.15, 0.2) is 41.8 Å². The van der Waals surface area contributed by atoms with Crippen LogP contribution < -0.4 is 5.32 Å². The summed E-state index contributed by atoms with van der Waals surface area (Å²) in [6, 6.07) is 7.69. The van der Waals surface area contributed by atoms with Crippen molar-refractivity contribution in [1.82, 2.24) is 13.5 Å². The van der Waals surface area contributed by atoms with Gasteiger partial charge in [0.2, 0.25) is 5.91 Å². The summed E-state index contributed by atoms with van der Waals surface area (Å²) < 4.78 is 34.7. The van der Waals surface area contributed by atoms with E-state index in [0.717, 1.165) is 16.3 Å². The molecule has 2 heterocycles. The van der Waals surface area contributed by atoms with Crippen molar-refractivity contribution in [2.24, 2.45) is 0 Å². The van der Waals surface area contributed by atoms with Gasteiger partial charge in [-0.25, -0.2) is 0 Å². The Morgan fingerprint density at radius 2 is 1.81 bits per heavy atom. The molecule has 172 valence electrons. The number of rotatable bonds is 8. The van der Waals surface area contributed by atoms with Crippen LogP contribution in [0.25, 0.3) is 0 Å². The summed E-state index contributed by atoms with van der Waals surface area (Å²) in [5.74, 6) is 0.670. The van der Waals surface area contributed by atoms with Gasteiger partial charge in [-0.3, -0.25) is 9.69 Å². The molecule has 0 saturated carbocycles. The predicted molar refractivity (Wildman–Crippen MR) is 125 cm³/mol. The molecule has 0 aromatic heterocycles. The van der Waals surface area contributed by atoms with E-state index in [9.17, 15) is 13.2 Å². The summed E-state index contributed by atoms with van der Waals surface area (Å²) >= 11 is 1.62. The Labute approximate surface area is 189 Å². The third kappa shape index (κ3) is 6.53. The highest BCUT2D eigenvalue weighted by atomic mass is 32.2. The number of carbonyl (C=O) groups excluding carboxylic acids is 1. The second-order valence-corrected chi connectivity index (χ2v) is 10.9. The van der Waals surface area contributed by atoms with Gasteiger partial charge < -0.3 is 10.1 Å². The summed E-state index contributed by atoms with van der Waals surface area (Å²) in [4.78, 5) is 15.6. The van der Waals surface area contributed by atoms with Crippen LogP contribution >= 0.6 is 11.8 Å². The topological polar surface area (TPSA) is 82.2 Å². The first-order chi connectivity index (χ1) is 14.8. The van der Waals surface area contributed by atoms with Crippen LogP contribution in [0.2, 0.25) is 0 Å². The Balaban J connectivity index is 1.51. The number of amides is 1. The first-order valence-corrected chi connectivity index (χ1v) is 12.9. The molecule has 2 aliphatic heterocycles. The smallest absolute Gasteiger partial charge is 0.282 e. The SMILES string of the molecule is C=CCSc1ccccc1NC(=O)CN1CCN(S(=O)(=O)N2C[C@H](C)O[C@@H](C)C2)CC1. The third-order valence-corrected chi connectivity index (χ3v) is 8.29. The van der Waals surface area contributed by atoms with Gasteiger partial charge in [0.1, 0.15) is 0 Å². The van der Waals surface area contributed by atoms with Gasteiger partial charge in [0.15, 0.2) is 0 Å². The largest absolute Gasteiger partial charge is 0.373 e. The molecule has 0 unspecified atom stereocenters. The summed E-state index contributed by atoms with van der Waals surface area (Å²) in [5.41, 5.74) is 0.788. The van der Waals surface area contributed by atoms with Gasteiger partial charge in [0.05, 0.1) is 24.4 Å². The van der Waals surface area contributed by atoms with E-state index < -0.39 is 10.2 Å². The molecule has 2 atom stereocenters. The van der Waals surface area contributed by atoms with E-state index >= 15 is 0 Å². The monoisotopic (exact) mass is 468 g/mol. The Hall–Kier alpha value is -1.43.